The number of amides is 1. The summed E-state index contributed by atoms with van der Waals surface area (Å²) in [7, 11) is 1.69. The molecule has 6 nitrogen and oxygen atoms in total. The highest BCUT2D eigenvalue weighted by molar-refractivity contribution is 7.13. The number of nitriles is 1. The summed E-state index contributed by atoms with van der Waals surface area (Å²) in [4.78, 5) is 16.8. The first-order valence-corrected chi connectivity index (χ1v) is 6.02. The van der Waals surface area contributed by atoms with Crippen molar-refractivity contribution in [1.29, 1.82) is 5.26 Å². The van der Waals surface area contributed by atoms with Crippen LogP contribution in [-0.4, -0.2) is 20.7 Å². The molecule has 2 rings (SSSR count). The molecule has 92 valence electrons. The number of aryl methyl sites for hydroxylation is 3. The molecule has 0 aromatic carbocycles. The summed E-state index contributed by atoms with van der Waals surface area (Å²) in [5.74, 6) is -0.0104. The minimum atomic E-state index is -0.284. The fourth-order valence-electron chi connectivity index (χ4n) is 1.57. The van der Waals surface area contributed by atoms with E-state index in [9.17, 15) is 4.79 Å². The second kappa shape index (κ2) is 4.58. The summed E-state index contributed by atoms with van der Waals surface area (Å²) in [5.41, 5.74) is 1.02. The van der Waals surface area contributed by atoms with Crippen LogP contribution < -0.4 is 5.32 Å². The summed E-state index contributed by atoms with van der Waals surface area (Å²) in [6.45, 7) is 3.62. The summed E-state index contributed by atoms with van der Waals surface area (Å²) in [6.07, 6.45) is 1.56. The Kier molecular flexibility index (Phi) is 3.12. The maximum absolute atomic E-state index is 12.0. The van der Waals surface area contributed by atoms with E-state index in [0.717, 1.165) is 5.01 Å². The van der Waals surface area contributed by atoms with Gasteiger partial charge in [0.25, 0.3) is 5.91 Å². The zero-order valence-corrected chi connectivity index (χ0v) is 11.0. The smallest absolute Gasteiger partial charge is 0.268 e. The standard InChI is InChI=1S/C11H11N5OS/c1-6-9(18-7(2)13-6)11(17)14-10-8(4-12)5-16(3)15-10/h5H,1-3H3,(H,14,15,17). The summed E-state index contributed by atoms with van der Waals surface area (Å²) >= 11 is 1.32. The van der Waals surface area contributed by atoms with Crippen molar-refractivity contribution >= 4 is 23.1 Å². The zero-order chi connectivity index (χ0) is 13.3. The average molecular weight is 261 g/mol. The molecule has 2 aromatic rings. The summed E-state index contributed by atoms with van der Waals surface area (Å²) < 4.78 is 1.49. The molecule has 18 heavy (non-hydrogen) atoms. The molecule has 0 aliphatic heterocycles. The van der Waals surface area contributed by atoms with E-state index in [2.05, 4.69) is 15.4 Å². The summed E-state index contributed by atoms with van der Waals surface area (Å²) in [5, 5.41) is 16.4. The largest absolute Gasteiger partial charge is 0.303 e. The third-order valence-electron chi connectivity index (χ3n) is 2.29. The third-order valence-corrected chi connectivity index (χ3v) is 3.36. The monoisotopic (exact) mass is 261 g/mol. The molecular formula is C11H11N5OS. The second-order valence-corrected chi connectivity index (χ2v) is 4.98. The number of thiazole rings is 1. The quantitative estimate of drug-likeness (QED) is 0.890. The van der Waals surface area contributed by atoms with Gasteiger partial charge in [0.2, 0.25) is 0 Å². The van der Waals surface area contributed by atoms with Crippen molar-refractivity contribution in [2.75, 3.05) is 5.32 Å². The Bertz CT molecular complexity index is 649. The average Bonchev–Trinajstić information content (AvgIpc) is 2.81. The Morgan fingerprint density at radius 3 is 2.83 bits per heavy atom. The fraction of sp³-hybridized carbons (Fsp3) is 0.273. The lowest BCUT2D eigenvalue weighted by atomic mass is 10.3. The minimum absolute atomic E-state index is 0.274. The van der Waals surface area contributed by atoms with Crippen molar-refractivity contribution in [3.05, 3.63) is 27.3 Å². The topological polar surface area (TPSA) is 83.6 Å². The minimum Gasteiger partial charge on any atom is -0.303 e. The zero-order valence-electron chi connectivity index (χ0n) is 10.2. The Morgan fingerprint density at radius 2 is 2.28 bits per heavy atom. The first-order valence-electron chi connectivity index (χ1n) is 5.20. The van der Waals surface area contributed by atoms with E-state index >= 15 is 0 Å². The van der Waals surface area contributed by atoms with Gasteiger partial charge in [-0.3, -0.25) is 9.48 Å². The third kappa shape index (κ3) is 2.24. The molecule has 1 N–H and O–H groups in total. The van der Waals surface area contributed by atoms with Crippen molar-refractivity contribution in [2.24, 2.45) is 7.05 Å². The van der Waals surface area contributed by atoms with E-state index in [1.807, 2.05) is 13.0 Å². The molecule has 0 aliphatic rings. The van der Waals surface area contributed by atoms with Crippen molar-refractivity contribution in [2.45, 2.75) is 13.8 Å². The number of anilines is 1. The molecule has 0 aliphatic carbocycles. The van der Waals surface area contributed by atoms with Crippen LogP contribution in [0.4, 0.5) is 5.82 Å². The van der Waals surface area contributed by atoms with Gasteiger partial charge >= 0.3 is 0 Å². The van der Waals surface area contributed by atoms with E-state index < -0.39 is 0 Å². The molecular weight excluding hydrogens is 250 g/mol. The predicted octanol–water partition coefficient (Wildman–Crippen LogP) is 1.62. The normalized spacial score (nSPS) is 10.1. The SMILES string of the molecule is Cc1nc(C)c(C(=O)Nc2nn(C)cc2C#N)s1. The number of carbonyl (C=O) groups excluding carboxylic acids is 1. The van der Waals surface area contributed by atoms with Crippen LogP contribution in [0.2, 0.25) is 0 Å². The molecule has 0 saturated carbocycles. The number of nitrogens with zero attached hydrogens (tertiary/aromatic N) is 4. The molecule has 1 amide bonds. The first kappa shape index (κ1) is 12.3. The second-order valence-electron chi connectivity index (χ2n) is 3.78. The first-order chi connectivity index (χ1) is 8.51. The number of hydrogen-bond donors (Lipinski definition) is 1. The van der Waals surface area contributed by atoms with Crippen LogP contribution >= 0.6 is 11.3 Å². The van der Waals surface area contributed by atoms with Crippen LogP contribution in [0, 0.1) is 25.2 Å². The van der Waals surface area contributed by atoms with Crippen molar-refractivity contribution in [1.82, 2.24) is 14.8 Å². The molecule has 0 bridgehead atoms. The van der Waals surface area contributed by atoms with Crippen LogP contribution in [0.5, 0.6) is 0 Å². The van der Waals surface area contributed by atoms with Gasteiger partial charge in [-0.05, 0) is 13.8 Å². The van der Waals surface area contributed by atoms with Gasteiger partial charge in [0.15, 0.2) is 5.82 Å². The number of carbonyl (C=O) groups is 1. The van der Waals surface area contributed by atoms with Crippen LogP contribution in [0.25, 0.3) is 0 Å². The van der Waals surface area contributed by atoms with Gasteiger partial charge in [0.1, 0.15) is 16.5 Å². The van der Waals surface area contributed by atoms with Crippen LogP contribution in [0.1, 0.15) is 25.9 Å². The Hall–Kier alpha value is -2.20. The predicted molar refractivity (Wildman–Crippen MR) is 67.5 cm³/mol. The van der Waals surface area contributed by atoms with E-state index in [1.54, 1.807) is 20.2 Å². The van der Waals surface area contributed by atoms with Crippen molar-refractivity contribution < 1.29 is 4.79 Å². The van der Waals surface area contributed by atoms with Crippen LogP contribution in [-0.2, 0) is 7.05 Å². The van der Waals surface area contributed by atoms with E-state index in [0.29, 0.717) is 16.1 Å². The Balaban J connectivity index is 2.27. The van der Waals surface area contributed by atoms with E-state index in [-0.39, 0.29) is 11.7 Å². The molecule has 7 heteroatoms. The Labute approximate surface area is 108 Å². The van der Waals surface area contributed by atoms with Gasteiger partial charge in [-0.1, -0.05) is 0 Å². The van der Waals surface area contributed by atoms with Crippen molar-refractivity contribution in [3.63, 3.8) is 0 Å². The van der Waals surface area contributed by atoms with Gasteiger partial charge in [0.05, 0.1) is 10.7 Å². The molecule has 2 heterocycles. The molecule has 0 fully saturated rings. The van der Waals surface area contributed by atoms with Gasteiger partial charge < -0.3 is 5.32 Å². The maximum atomic E-state index is 12.0. The number of hydrogen-bond acceptors (Lipinski definition) is 5. The summed E-state index contributed by atoms with van der Waals surface area (Å²) in [6, 6.07) is 1.98. The van der Waals surface area contributed by atoms with Gasteiger partial charge in [-0.25, -0.2) is 4.98 Å². The van der Waals surface area contributed by atoms with Gasteiger partial charge in [0, 0.05) is 13.2 Å². The Morgan fingerprint density at radius 1 is 1.56 bits per heavy atom. The number of nitrogens with one attached hydrogen (secondary N) is 1. The lowest BCUT2D eigenvalue weighted by Crippen LogP contribution is -2.13. The molecule has 0 unspecified atom stereocenters. The number of aromatic nitrogens is 3. The van der Waals surface area contributed by atoms with Crippen LogP contribution in [0.3, 0.4) is 0 Å². The van der Waals surface area contributed by atoms with Gasteiger partial charge in [-0.2, -0.15) is 10.4 Å². The highest BCUT2D eigenvalue weighted by Gasteiger charge is 2.17. The van der Waals surface area contributed by atoms with Crippen LogP contribution in [0.15, 0.2) is 6.20 Å². The maximum Gasteiger partial charge on any atom is 0.268 e. The fourth-order valence-corrected chi connectivity index (χ4v) is 2.38. The molecule has 0 saturated heterocycles. The molecule has 0 atom stereocenters. The lowest BCUT2D eigenvalue weighted by molar-refractivity contribution is 0.102. The lowest BCUT2D eigenvalue weighted by Gasteiger charge is -2.00. The molecule has 0 spiro atoms. The highest BCUT2D eigenvalue weighted by Crippen LogP contribution is 2.19. The molecule has 0 radical (unpaired) electrons. The number of rotatable bonds is 2. The highest BCUT2D eigenvalue weighted by atomic mass is 32.1. The van der Waals surface area contributed by atoms with E-state index in [4.69, 9.17) is 5.26 Å². The van der Waals surface area contributed by atoms with Gasteiger partial charge in [-0.15, -0.1) is 11.3 Å². The van der Waals surface area contributed by atoms with Crippen molar-refractivity contribution in [3.8, 4) is 6.07 Å². The van der Waals surface area contributed by atoms with E-state index in [1.165, 1.54) is 16.0 Å². The molecule has 2 aromatic heterocycles.